The minimum Gasteiger partial charge on any atom is -0.467 e. The van der Waals surface area contributed by atoms with E-state index >= 15 is 0 Å². The fraction of sp³-hybridized carbons (Fsp3) is 0.227. The highest BCUT2D eigenvalue weighted by atomic mass is 32.1. The molecule has 4 rings (SSSR count). The lowest BCUT2D eigenvalue weighted by atomic mass is 9.93. The van der Waals surface area contributed by atoms with Gasteiger partial charge in [0.2, 0.25) is 0 Å². The number of esters is 1. The van der Waals surface area contributed by atoms with Gasteiger partial charge in [0.15, 0.2) is 0 Å². The van der Waals surface area contributed by atoms with Crippen molar-refractivity contribution in [3.05, 3.63) is 76.3 Å². The highest BCUT2D eigenvalue weighted by molar-refractivity contribution is 7.13. The van der Waals surface area contributed by atoms with Crippen molar-refractivity contribution in [3.63, 3.8) is 0 Å². The number of thiazole rings is 1. The number of carbonyl (C=O) groups is 2. The van der Waals surface area contributed by atoms with Gasteiger partial charge in [-0.3, -0.25) is 4.79 Å². The maximum Gasteiger partial charge on any atom is 0.328 e. The van der Waals surface area contributed by atoms with Crippen LogP contribution in [-0.2, 0) is 22.5 Å². The molecule has 142 valence electrons. The van der Waals surface area contributed by atoms with E-state index in [-0.39, 0.29) is 5.91 Å². The molecule has 1 atom stereocenters. The van der Waals surface area contributed by atoms with Crippen molar-refractivity contribution in [2.24, 2.45) is 0 Å². The number of benzene rings is 2. The van der Waals surface area contributed by atoms with Gasteiger partial charge >= 0.3 is 5.97 Å². The lowest BCUT2D eigenvalue weighted by molar-refractivity contribution is -0.146. The fourth-order valence-electron chi connectivity index (χ4n) is 3.43. The largest absolute Gasteiger partial charge is 0.467 e. The molecule has 1 amide bonds. The molecule has 6 heteroatoms. The lowest BCUT2D eigenvalue weighted by Crippen LogP contribution is -2.49. The third kappa shape index (κ3) is 3.43. The van der Waals surface area contributed by atoms with E-state index in [1.54, 1.807) is 10.3 Å². The Hall–Kier alpha value is -2.99. The number of rotatable bonds is 3. The van der Waals surface area contributed by atoms with E-state index in [9.17, 15) is 9.59 Å². The third-order valence-electron chi connectivity index (χ3n) is 5.00. The van der Waals surface area contributed by atoms with Gasteiger partial charge in [0.25, 0.3) is 5.91 Å². The van der Waals surface area contributed by atoms with Crippen LogP contribution in [0.1, 0.15) is 27.2 Å². The predicted octanol–water partition coefficient (Wildman–Crippen LogP) is 3.86. The molecule has 0 saturated heterocycles. The predicted molar refractivity (Wildman–Crippen MR) is 108 cm³/mol. The van der Waals surface area contributed by atoms with Crippen LogP contribution in [0.2, 0.25) is 0 Å². The molecule has 0 radical (unpaired) electrons. The van der Waals surface area contributed by atoms with Crippen molar-refractivity contribution >= 4 is 23.2 Å². The van der Waals surface area contributed by atoms with E-state index in [2.05, 4.69) is 4.98 Å². The van der Waals surface area contributed by atoms with Crippen LogP contribution >= 0.6 is 11.3 Å². The van der Waals surface area contributed by atoms with Crippen molar-refractivity contribution in [1.29, 1.82) is 0 Å². The number of aryl methyl sites for hydroxylation is 1. The number of hydrogen-bond acceptors (Lipinski definition) is 5. The van der Waals surface area contributed by atoms with Crippen molar-refractivity contribution in [3.8, 4) is 10.6 Å². The number of amides is 1. The Morgan fingerprint density at radius 2 is 1.82 bits per heavy atom. The second-order valence-electron chi connectivity index (χ2n) is 6.85. The van der Waals surface area contributed by atoms with E-state index in [1.807, 2.05) is 55.5 Å². The van der Waals surface area contributed by atoms with Crippen molar-refractivity contribution in [1.82, 2.24) is 9.88 Å². The normalized spacial score (nSPS) is 15.8. The number of aromatic nitrogens is 1. The first-order valence-corrected chi connectivity index (χ1v) is 9.93. The number of nitrogens with zero attached hydrogens (tertiary/aromatic N) is 2. The summed E-state index contributed by atoms with van der Waals surface area (Å²) in [5, 5.41) is 2.54. The van der Waals surface area contributed by atoms with Gasteiger partial charge in [0.05, 0.1) is 7.11 Å². The third-order valence-corrected chi connectivity index (χ3v) is 5.90. The van der Waals surface area contributed by atoms with Crippen LogP contribution in [0, 0.1) is 6.92 Å². The summed E-state index contributed by atoms with van der Waals surface area (Å²) in [6.07, 6.45) is 0.448. The zero-order chi connectivity index (χ0) is 19.7. The van der Waals surface area contributed by atoms with E-state index < -0.39 is 12.0 Å². The first kappa shape index (κ1) is 18.4. The van der Waals surface area contributed by atoms with Gasteiger partial charge < -0.3 is 9.64 Å². The molecule has 1 aliphatic rings. The highest BCUT2D eigenvalue weighted by Crippen LogP contribution is 2.28. The van der Waals surface area contributed by atoms with E-state index in [0.717, 1.165) is 21.7 Å². The summed E-state index contributed by atoms with van der Waals surface area (Å²) >= 11 is 1.43. The van der Waals surface area contributed by atoms with Crippen LogP contribution in [0.5, 0.6) is 0 Å². The zero-order valence-electron chi connectivity index (χ0n) is 15.7. The maximum atomic E-state index is 13.2. The SMILES string of the molecule is COC(=O)C1Cc2ccccc2CN1C(=O)c1csc(-c2ccc(C)cc2)n1. The number of ether oxygens (including phenoxy) is 1. The van der Waals surface area contributed by atoms with Gasteiger partial charge in [0.1, 0.15) is 16.7 Å². The van der Waals surface area contributed by atoms with Crippen LogP contribution < -0.4 is 0 Å². The Labute approximate surface area is 167 Å². The first-order valence-electron chi connectivity index (χ1n) is 9.05. The molecule has 0 aliphatic carbocycles. The molecule has 1 aliphatic heterocycles. The number of methoxy groups -OCH3 is 1. The topological polar surface area (TPSA) is 59.5 Å². The summed E-state index contributed by atoms with van der Waals surface area (Å²) < 4.78 is 4.96. The van der Waals surface area contributed by atoms with E-state index in [4.69, 9.17) is 4.74 Å². The maximum absolute atomic E-state index is 13.2. The van der Waals surface area contributed by atoms with E-state index in [1.165, 1.54) is 24.0 Å². The van der Waals surface area contributed by atoms with Crippen LogP contribution in [0.25, 0.3) is 10.6 Å². The Morgan fingerprint density at radius 1 is 1.11 bits per heavy atom. The Morgan fingerprint density at radius 3 is 2.54 bits per heavy atom. The zero-order valence-corrected chi connectivity index (χ0v) is 16.5. The Balaban J connectivity index is 1.64. The molecule has 0 spiro atoms. The average molecular weight is 392 g/mol. The smallest absolute Gasteiger partial charge is 0.328 e. The van der Waals surface area contributed by atoms with Crippen LogP contribution in [0.3, 0.4) is 0 Å². The van der Waals surface area contributed by atoms with E-state index in [0.29, 0.717) is 18.7 Å². The Kier molecular flexibility index (Phi) is 4.96. The summed E-state index contributed by atoms with van der Waals surface area (Å²) in [6.45, 7) is 2.40. The highest BCUT2D eigenvalue weighted by Gasteiger charge is 2.36. The molecule has 1 unspecified atom stereocenters. The quantitative estimate of drug-likeness (QED) is 0.635. The molecule has 0 bridgehead atoms. The second-order valence-corrected chi connectivity index (χ2v) is 7.71. The van der Waals surface area contributed by atoms with Crippen LogP contribution in [0.15, 0.2) is 53.9 Å². The van der Waals surface area contributed by atoms with Crippen LogP contribution in [-0.4, -0.2) is 34.9 Å². The first-order chi connectivity index (χ1) is 13.6. The molecule has 0 fully saturated rings. The molecule has 2 heterocycles. The summed E-state index contributed by atoms with van der Waals surface area (Å²) in [4.78, 5) is 31.7. The second kappa shape index (κ2) is 7.56. The summed E-state index contributed by atoms with van der Waals surface area (Å²) in [5.41, 5.74) is 4.62. The molecular weight excluding hydrogens is 372 g/mol. The van der Waals surface area contributed by atoms with Crippen molar-refractivity contribution in [2.75, 3.05) is 7.11 Å². The number of carbonyl (C=O) groups excluding carboxylic acids is 2. The molecule has 1 aromatic heterocycles. The monoisotopic (exact) mass is 392 g/mol. The average Bonchev–Trinajstić information content (AvgIpc) is 3.22. The van der Waals surface area contributed by atoms with Gasteiger partial charge in [-0.1, -0.05) is 54.1 Å². The number of hydrogen-bond donors (Lipinski definition) is 0. The summed E-state index contributed by atoms with van der Waals surface area (Å²) in [7, 11) is 1.35. The van der Waals surface area contributed by atoms with Gasteiger partial charge in [-0.05, 0) is 18.1 Å². The Bertz CT molecular complexity index is 1030. The summed E-state index contributed by atoms with van der Waals surface area (Å²) in [6, 6.07) is 15.3. The molecular formula is C22H20N2O3S. The lowest BCUT2D eigenvalue weighted by Gasteiger charge is -2.34. The fourth-order valence-corrected chi connectivity index (χ4v) is 4.23. The van der Waals surface area contributed by atoms with Gasteiger partial charge in [-0.15, -0.1) is 11.3 Å². The number of fused-ring (bicyclic) bond motifs is 1. The van der Waals surface area contributed by atoms with Crippen molar-refractivity contribution < 1.29 is 14.3 Å². The standard InChI is InChI=1S/C22H20N2O3S/c1-14-7-9-15(10-8-14)20-23-18(13-28-20)21(25)24-12-17-6-4-3-5-16(17)11-19(24)22(26)27-2/h3-10,13,19H,11-12H2,1-2H3. The molecule has 5 nitrogen and oxygen atoms in total. The molecule has 2 aromatic carbocycles. The molecule has 3 aromatic rings. The molecule has 28 heavy (non-hydrogen) atoms. The van der Waals surface area contributed by atoms with Gasteiger partial charge in [-0.2, -0.15) is 0 Å². The van der Waals surface area contributed by atoms with Gasteiger partial charge in [0, 0.05) is 23.9 Å². The minimum atomic E-state index is -0.642. The van der Waals surface area contributed by atoms with Crippen molar-refractivity contribution in [2.45, 2.75) is 25.9 Å². The molecule has 0 saturated carbocycles. The summed E-state index contributed by atoms with van der Waals surface area (Å²) in [5.74, 6) is -0.656. The van der Waals surface area contributed by atoms with Gasteiger partial charge in [-0.25, -0.2) is 9.78 Å². The van der Waals surface area contributed by atoms with Crippen LogP contribution in [0.4, 0.5) is 0 Å². The molecule has 0 N–H and O–H groups in total. The minimum absolute atomic E-state index is 0.250.